The minimum Gasteiger partial charge on any atom is -0.497 e. The van der Waals surface area contributed by atoms with Crippen LogP contribution in [0.1, 0.15) is 20.8 Å². The summed E-state index contributed by atoms with van der Waals surface area (Å²) >= 11 is 0. The zero-order chi connectivity index (χ0) is 17.3. The summed E-state index contributed by atoms with van der Waals surface area (Å²) < 4.78 is 11.0. The molecule has 2 aromatic carbocycles. The van der Waals surface area contributed by atoms with Gasteiger partial charge >= 0.3 is 0 Å². The Kier molecular flexibility index (Phi) is 4.01. The number of nitrogens with one attached hydrogen (secondary N) is 1. The van der Waals surface area contributed by atoms with Crippen molar-refractivity contribution in [2.24, 2.45) is 5.41 Å². The summed E-state index contributed by atoms with van der Waals surface area (Å²) in [5, 5.41) is 2.90. The highest BCUT2D eigenvalue weighted by molar-refractivity contribution is 5.96. The van der Waals surface area contributed by atoms with Crippen molar-refractivity contribution in [2.75, 3.05) is 12.4 Å². The van der Waals surface area contributed by atoms with E-state index >= 15 is 0 Å². The largest absolute Gasteiger partial charge is 0.497 e. The Morgan fingerprint density at radius 1 is 1.17 bits per heavy atom. The van der Waals surface area contributed by atoms with Gasteiger partial charge in [-0.05, 0) is 36.4 Å². The molecule has 1 N–H and O–H groups in total. The highest BCUT2D eigenvalue weighted by Crippen LogP contribution is 2.28. The number of methoxy groups -OCH3 is 1. The van der Waals surface area contributed by atoms with Gasteiger partial charge in [0.15, 0.2) is 5.58 Å². The number of amides is 1. The van der Waals surface area contributed by atoms with Gasteiger partial charge in [-0.1, -0.05) is 26.8 Å². The van der Waals surface area contributed by atoms with Gasteiger partial charge in [-0.3, -0.25) is 4.79 Å². The van der Waals surface area contributed by atoms with Crippen LogP contribution in [0.2, 0.25) is 0 Å². The molecule has 0 aliphatic carbocycles. The predicted molar refractivity (Wildman–Crippen MR) is 94.1 cm³/mol. The average molecular weight is 324 g/mol. The maximum Gasteiger partial charge on any atom is 0.229 e. The fourth-order valence-electron chi connectivity index (χ4n) is 2.20. The molecule has 0 atom stereocenters. The molecule has 5 heteroatoms. The molecule has 0 bridgehead atoms. The third kappa shape index (κ3) is 3.25. The minimum atomic E-state index is -0.454. The van der Waals surface area contributed by atoms with Crippen LogP contribution >= 0.6 is 0 Å². The van der Waals surface area contributed by atoms with E-state index in [1.54, 1.807) is 7.11 Å². The van der Waals surface area contributed by atoms with Crippen LogP contribution in [0.3, 0.4) is 0 Å². The lowest BCUT2D eigenvalue weighted by Crippen LogP contribution is -2.27. The molecule has 0 aliphatic rings. The van der Waals surface area contributed by atoms with Crippen LogP contribution in [0.4, 0.5) is 5.69 Å². The summed E-state index contributed by atoms with van der Waals surface area (Å²) in [5.41, 5.74) is 2.45. The third-order valence-corrected chi connectivity index (χ3v) is 3.64. The first-order valence-corrected chi connectivity index (χ1v) is 7.73. The number of hydrogen-bond acceptors (Lipinski definition) is 4. The SMILES string of the molecule is COc1cccc(-c2nc3cc(NC(=O)C(C)(C)C)ccc3o2)c1. The second-order valence-electron chi connectivity index (χ2n) is 6.64. The van der Waals surface area contributed by atoms with E-state index in [2.05, 4.69) is 10.3 Å². The van der Waals surface area contributed by atoms with Crippen molar-refractivity contribution >= 4 is 22.7 Å². The maximum atomic E-state index is 12.1. The summed E-state index contributed by atoms with van der Waals surface area (Å²) in [7, 11) is 1.62. The molecule has 24 heavy (non-hydrogen) atoms. The minimum absolute atomic E-state index is 0.0432. The van der Waals surface area contributed by atoms with Crippen molar-refractivity contribution in [3.05, 3.63) is 42.5 Å². The van der Waals surface area contributed by atoms with Crippen molar-refractivity contribution in [3.63, 3.8) is 0 Å². The normalized spacial score (nSPS) is 11.5. The Hall–Kier alpha value is -2.82. The van der Waals surface area contributed by atoms with Crippen LogP contribution in [0, 0.1) is 5.41 Å². The molecule has 1 heterocycles. The van der Waals surface area contributed by atoms with E-state index in [1.165, 1.54) is 0 Å². The molecule has 0 aliphatic heterocycles. The highest BCUT2D eigenvalue weighted by Gasteiger charge is 2.21. The van der Waals surface area contributed by atoms with Crippen molar-refractivity contribution < 1.29 is 13.9 Å². The molecule has 0 spiro atoms. The number of ether oxygens (including phenoxy) is 1. The molecule has 0 radical (unpaired) electrons. The van der Waals surface area contributed by atoms with Crippen molar-refractivity contribution in [1.82, 2.24) is 4.98 Å². The van der Waals surface area contributed by atoms with Gasteiger partial charge in [0, 0.05) is 16.7 Å². The van der Waals surface area contributed by atoms with Gasteiger partial charge in [-0.25, -0.2) is 4.98 Å². The maximum absolute atomic E-state index is 12.1. The molecule has 5 nitrogen and oxygen atoms in total. The van der Waals surface area contributed by atoms with Gasteiger partial charge < -0.3 is 14.5 Å². The summed E-state index contributed by atoms with van der Waals surface area (Å²) in [6.45, 7) is 5.62. The number of anilines is 1. The Labute approximate surface area is 140 Å². The number of nitrogens with zero attached hydrogens (tertiary/aromatic N) is 1. The van der Waals surface area contributed by atoms with Crippen molar-refractivity contribution in [2.45, 2.75) is 20.8 Å². The van der Waals surface area contributed by atoms with Crippen LogP contribution in [-0.4, -0.2) is 18.0 Å². The van der Waals surface area contributed by atoms with E-state index in [0.717, 1.165) is 11.3 Å². The van der Waals surface area contributed by atoms with Gasteiger partial charge in [0.1, 0.15) is 11.3 Å². The molecule has 1 amide bonds. The Bertz CT molecular complexity index is 891. The van der Waals surface area contributed by atoms with Crippen LogP contribution < -0.4 is 10.1 Å². The van der Waals surface area contributed by atoms with E-state index in [-0.39, 0.29) is 5.91 Å². The summed E-state index contributed by atoms with van der Waals surface area (Å²) in [4.78, 5) is 16.6. The first kappa shape index (κ1) is 16.1. The first-order valence-electron chi connectivity index (χ1n) is 7.73. The third-order valence-electron chi connectivity index (χ3n) is 3.64. The molecule has 3 rings (SSSR count). The molecule has 0 fully saturated rings. The Balaban J connectivity index is 1.93. The van der Waals surface area contributed by atoms with Crippen molar-refractivity contribution in [3.8, 4) is 17.2 Å². The lowest BCUT2D eigenvalue weighted by molar-refractivity contribution is -0.123. The van der Waals surface area contributed by atoms with E-state index < -0.39 is 5.41 Å². The molecular weight excluding hydrogens is 304 g/mol. The lowest BCUT2D eigenvalue weighted by Gasteiger charge is -2.17. The second-order valence-corrected chi connectivity index (χ2v) is 6.64. The summed E-state index contributed by atoms with van der Waals surface area (Å²) in [6, 6.07) is 13.0. The topological polar surface area (TPSA) is 64.4 Å². The van der Waals surface area contributed by atoms with E-state index in [9.17, 15) is 4.79 Å². The lowest BCUT2D eigenvalue weighted by atomic mass is 9.95. The average Bonchev–Trinajstić information content (AvgIpc) is 2.97. The Morgan fingerprint density at radius 2 is 1.96 bits per heavy atom. The second kappa shape index (κ2) is 6.00. The van der Waals surface area contributed by atoms with Gasteiger partial charge in [0.25, 0.3) is 0 Å². The van der Waals surface area contributed by atoms with Crippen LogP contribution in [0.25, 0.3) is 22.6 Å². The molecular formula is C19H20N2O3. The molecule has 1 aromatic heterocycles. The molecule has 0 saturated heterocycles. The summed E-state index contributed by atoms with van der Waals surface area (Å²) in [5.74, 6) is 1.22. The van der Waals surface area contributed by atoms with Crippen molar-refractivity contribution in [1.29, 1.82) is 0 Å². The van der Waals surface area contributed by atoms with Crippen LogP contribution in [0.5, 0.6) is 5.75 Å². The number of carbonyl (C=O) groups is 1. The quantitative estimate of drug-likeness (QED) is 0.771. The molecule has 124 valence electrons. The first-order chi connectivity index (χ1) is 11.4. The zero-order valence-corrected chi connectivity index (χ0v) is 14.2. The predicted octanol–water partition coefficient (Wildman–Crippen LogP) is 4.49. The van der Waals surface area contributed by atoms with Gasteiger partial charge in [0.2, 0.25) is 11.8 Å². The van der Waals surface area contributed by atoms with Gasteiger partial charge in [-0.15, -0.1) is 0 Å². The fourth-order valence-corrected chi connectivity index (χ4v) is 2.20. The monoisotopic (exact) mass is 324 g/mol. The number of aromatic nitrogens is 1. The highest BCUT2D eigenvalue weighted by atomic mass is 16.5. The van der Waals surface area contributed by atoms with Crippen LogP contribution in [-0.2, 0) is 4.79 Å². The smallest absolute Gasteiger partial charge is 0.229 e. The number of carbonyl (C=O) groups excluding carboxylic acids is 1. The van der Waals surface area contributed by atoms with E-state index in [1.807, 2.05) is 63.2 Å². The van der Waals surface area contributed by atoms with E-state index in [0.29, 0.717) is 22.7 Å². The van der Waals surface area contributed by atoms with Gasteiger partial charge in [-0.2, -0.15) is 0 Å². The molecule has 0 saturated carbocycles. The van der Waals surface area contributed by atoms with E-state index in [4.69, 9.17) is 9.15 Å². The fraction of sp³-hybridized carbons (Fsp3) is 0.263. The number of fused-ring (bicyclic) bond motifs is 1. The number of hydrogen-bond donors (Lipinski definition) is 1. The molecule has 3 aromatic rings. The molecule has 0 unspecified atom stereocenters. The Morgan fingerprint density at radius 3 is 2.67 bits per heavy atom. The van der Waals surface area contributed by atoms with Gasteiger partial charge in [0.05, 0.1) is 7.11 Å². The number of oxazole rings is 1. The standard InChI is InChI=1S/C19H20N2O3/c1-19(2,3)18(22)20-13-8-9-16-15(11-13)21-17(24-16)12-6-5-7-14(10-12)23-4/h5-11H,1-4H3,(H,20,22). The number of benzene rings is 2. The van der Waals surface area contributed by atoms with Crippen LogP contribution in [0.15, 0.2) is 46.9 Å². The number of rotatable bonds is 3. The zero-order valence-electron chi connectivity index (χ0n) is 14.2. The summed E-state index contributed by atoms with van der Waals surface area (Å²) in [6.07, 6.45) is 0.